The van der Waals surface area contributed by atoms with E-state index in [-0.39, 0.29) is 17.9 Å². The number of benzene rings is 1. The molecule has 0 saturated heterocycles. The molecule has 2 amide bonds. The summed E-state index contributed by atoms with van der Waals surface area (Å²) in [5, 5.41) is 11.5. The second-order valence-corrected chi connectivity index (χ2v) is 5.00. The van der Waals surface area contributed by atoms with Gasteiger partial charge in [0.15, 0.2) is 0 Å². The molecule has 0 radical (unpaired) electrons. The minimum Gasteiger partial charge on any atom is -0.325 e. The van der Waals surface area contributed by atoms with E-state index in [1.54, 1.807) is 36.2 Å². The van der Waals surface area contributed by atoms with E-state index in [1.165, 1.54) is 0 Å². The Morgan fingerprint density at radius 1 is 1.30 bits per heavy atom. The van der Waals surface area contributed by atoms with Gasteiger partial charge in [-0.15, -0.1) is 0 Å². The largest absolute Gasteiger partial charge is 0.325 e. The number of anilines is 1. The normalized spacial score (nSPS) is 15.5. The third kappa shape index (κ3) is 3.35. The van der Waals surface area contributed by atoms with Gasteiger partial charge in [0.05, 0.1) is 11.6 Å². The van der Waals surface area contributed by atoms with Crippen LogP contribution in [0, 0.1) is 11.3 Å². The van der Waals surface area contributed by atoms with Crippen LogP contribution in [0.2, 0.25) is 0 Å². The highest BCUT2D eigenvalue weighted by molar-refractivity contribution is 5.89. The van der Waals surface area contributed by atoms with Crippen molar-refractivity contribution in [3.05, 3.63) is 29.8 Å². The van der Waals surface area contributed by atoms with E-state index >= 15 is 0 Å². The lowest BCUT2D eigenvalue weighted by Crippen LogP contribution is -2.41. The first-order chi connectivity index (χ1) is 9.60. The van der Waals surface area contributed by atoms with Gasteiger partial charge in [0.25, 0.3) is 0 Å². The smallest absolute Gasteiger partial charge is 0.321 e. The first-order valence-corrected chi connectivity index (χ1v) is 6.66. The van der Waals surface area contributed by atoms with Gasteiger partial charge in [0.1, 0.15) is 5.78 Å². The van der Waals surface area contributed by atoms with Crippen LogP contribution in [-0.4, -0.2) is 29.8 Å². The average Bonchev–Trinajstić information content (AvgIpc) is 2.48. The predicted molar refractivity (Wildman–Crippen MR) is 75.2 cm³/mol. The molecule has 5 nitrogen and oxygen atoms in total. The number of amides is 2. The summed E-state index contributed by atoms with van der Waals surface area (Å²) in [6.07, 6.45) is 2.57. The number of urea groups is 1. The number of nitrogens with zero attached hydrogens (tertiary/aromatic N) is 2. The summed E-state index contributed by atoms with van der Waals surface area (Å²) in [5.74, 6) is 0.280. The average molecular weight is 271 g/mol. The molecule has 5 heteroatoms. The van der Waals surface area contributed by atoms with Gasteiger partial charge in [0.2, 0.25) is 0 Å². The van der Waals surface area contributed by atoms with Gasteiger partial charge in [-0.05, 0) is 37.1 Å². The van der Waals surface area contributed by atoms with Gasteiger partial charge in [-0.2, -0.15) is 5.26 Å². The number of carbonyl (C=O) groups excluding carboxylic acids is 2. The van der Waals surface area contributed by atoms with E-state index in [9.17, 15) is 9.59 Å². The number of ketones is 1. The van der Waals surface area contributed by atoms with Crippen molar-refractivity contribution in [1.82, 2.24) is 4.90 Å². The molecule has 0 unspecified atom stereocenters. The van der Waals surface area contributed by atoms with E-state index in [2.05, 4.69) is 5.32 Å². The standard InChI is InChI=1S/C15H17N3O2/c1-18(13-6-8-14(19)9-7-13)15(20)17-12-4-2-11(10-16)3-5-12/h2-5,13H,6-9H2,1H3,(H,17,20). The Morgan fingerprint density at radius 3 is 2.45 bits per heavy atom. The molecule has 1 aliphatic rings. The number of carbonyl (C=O) groups is 2. The molecule has 104 valence electrons. The van der Waals surface area contributed by atoms with Gasteiger partial charge in [-0.3, -0.25) is 4.79 Å². The number of rotatable bonds is 2. The fourth-order valence-corrected chi connectivity index (χ4v) is 2.32. The first-order valence-electron chi connectivity index (χ1n) is 6.66. The SMILES string of the molecule is CN(C(=O)Nc1ccc(C#N)cc1)C1CCC(=O)CC1. The van der Waals surface area contributed by atoms with Crippen molar-refractivity contribution >= 4 is 17.5 Å². The quantitative estimate of drug-likeness (QED) is 0.898. The first kappa shape index (κ1) is 14.1. The fraction of sp³-hybridized carbons (Fsp3) is 0.400. The fourth-order valence-electron chi connectivity index (χ4n) is 2.32. The lowest BCUT2D eigenvalue weighted by molar-refractivity contribution is -0.121. The van der Waals surface area contributed by atoms with Gasteiger partial charge < -0.3 is 10.2 Å². The highest BCUT2D eigenvalue weighted by atomic mass is 16.2. The molecule has 2 rings (SSSR count). The summed E-state index contributed by atoms with van der Waals surface area (Å²) in [6, 6.07) is 8.69. The molecule has 1 N–H and O–H groups in total. The number of hydrogen-bond donors (Lipinski definition) is 1. The topological polar surface area (TPSA) is 73.2 Å². The Morgan fingerprint density at radius 2 is 1.90 bits per heavy atom. The van der Waals surface area contributed by atoms with Crippen LogP contribution >= 0.6 is 0 Å². The zero-order valence-electron chi connectivity index (χ0n) is 11.4. The Kier molecular flexibility index (Phi) is 4.36. The lowest BCUT2D eigenvalue weighted by atomic mass is 9.93. The molecule has 1 aromatic carbocycles. The van der Waals surface area contributed by atoms with Crippen molar-refractivity contribution in [3.8, 4) is 6.07 Å². The van der Waals surface area contributed by atoms with Gasteiger partial charge in [-0.1, -0.05) is 0 Å². The maximum absolute atomic E-state index is 12.1. The number of nitrogens with one attached hydrogen (secondary N) is 1. The van der Waals surface area contributed by atoms with Crippen LogP contribution in [0.4, 0.5) is 10.5 Å². The Balaban J connectivity index is 1.93. The molecule has 0 bridgehead atoms. The van der Waals surface area contributed by atoms with Crippen molar-refractivity contribution < 1.29 is 9.59 Å². The van der Waals surface area contributed by atoms with Crippen LogP contribution in [0.15, 0.2) is 24.3 Å². The van der Waals surface area contributed by atoms with Crippen molar-refractivity contribution in [2.45, 2.75) is 31.7 Å². The second kappa shape index (κ2) is 6.20. The summed E-state index contributed by atoms with van der Waals surface area (Å²) in [4.78, 5) is 25.0. The number of Topliss-reactive ketones (excluding diaryl/α,β-unsaturated/α-hetero) is 1. The van der Waals surface area contributed by atoms with Crippen LogP contribution in [0.1, 0.15) is 31.2 Å². The van der Waals surface area contributed by atoms with E-state index in [1.807, 2.05) is 6.07 Å². The van der Waals surface area contributed by atoms with Crippen LogP contribution in [0.5, 0.6) is 0 Å². The Hall–Kier alpha value is -2.35. The summed E-state index contributed by atoms with van der Waals surface area (Å²) < 4.78 is 0. The van der Waals surface area contributed by atoms with Crippen LogP contribution in [-0.2, 0) is 4.79 Å². The number of nitriles is 1. The van der Waals surface area contributed by atoms with Crippen molar-refractivity contribution in [3.63, 3.8) is 0 Å². The molecule has 1 aromatic rings. The maximum atomic E-state index is 12.1. The predicted octanol–water partition coefficient (Wildman–Crippen LogP) is 2.53. The van der Waals surface area contributed by atoms with Gasteiger partial charge in [0, 0.05) is 31.6 Å². The highest BCUT2D eigenvalue weighted by Crippen LogP contribution is 2.20. The molecule has 1 aliphatic carbocycles. The van der Waals surface area contributed by atoms with Crippen LogP contribution in [0.3, 0.4) is 0 Å². The Labute approximate surface area is 118 Å². The molecule has 20 heavy (non-hydrogen) atoms. The van der Waals surface area contributed by atoms with E-state index in [4.69, 9.17) is 5.26 Å². The molecule has 0 heterocycles. The molecule has 1 fully saturated rings. The highest BCUT2D eigenvalue weighted by Gasteiger charge is 2.25. The number of hydrogen-bond acceptors (Lipinski definition) is 3. The molecular formula is C15H17N3O2. The second-order valence-electron chi connectivity index (χ2n) is 5.00. The maximum Gasteiger partial charge on any atom is 0.321 e. The summed E-state index contributed by atoms with van der Waals surface area (Å²) in [6.45, 7) is 0. The molecule has 0 aromatic heterocycles. The third-order valence-corrected chi connectivity index (χ3v) is 3.65. The van der Waals surface area contributed by atoms with E-state index in [0.29, 0.717) is 24.1 Å². The summed E-state index contributed by atoms with van der Waals surface area (Å²) >= 11 is 0. The van der Waals surface area contributed by atoms with Crippen molar-refractivity contribution in [2.75, 3.05) is 12.4 Å². The van der Waals surface area contributed by atoms with Gasteiger partial charge >= 0.3 is 6.03 Å². The van der Waals surface area contributed by atoms with Crippen molar-refractivity contribution in [1.29, 1.82) is 5.26 Å². The molecule has 0 atom stereocenters. The van der Waals surface area contributed by atoms with Gasteiger partial charge in [-0.25, -0.2) is 4.79 Å². The van der Waals surface area contributed by atoms with E-state index < -0.39 is 0 Å². The zero-order valence-corrected chi connectivity index (χ0v) is 11.4. The third-order valence-electron chi connectivity index (χ3n) is 3.65. The monoisotopic (exact) mass is 271 g/mol. The summed E-state index contributed by atoms with van der Waals surface area (Å²) in [5.41, 5.74) is 1.22. The lowest BCUT2D eigenvalue weighted by Gasteiger charge is -2.30. The molecular weight excluding hydrogens is 254 g/mol. The minimum absolute atomic E-state index is 0.117. The minimum atomic E-state index is -0.186. The zero-order chi connectivity index (χ0) is 14.5. The molecule has 0 spiro atoms. The van der Waals surface area contributed by atoms with Crippen LogP contribution < -0.4 is 5.32 Å². The summed E-state index contributed by atoms with van der Waals surface area (Å²) in [7, 11) is 1.75. The van der Waals surface area contributed by atoms with Crippen molar-refractivity contribution in [2.24, 2.45) is 0 Å². The van der Waals surface area contributed by atoms with E-state index in [0.717, 1.165) is 12.8 Å². The molecule has 1 saturated carbocycles. The molecule has 0 aliphatic heterocycles. The van der Waals surface area contributed by atoms with Crippen LogP contribution in [0.25, 0.3) is 0 Å². The Bertz CT molecular complexity index is 535.